The van der Waals surface area contributed by atoms with Gasteiger partial charge in [0, 0.05) is 12.2 Å². The van der Waals surface area contributed by atoms with E-state index in [0.29, 0.717) is 23.4 Å². The third-order valence-electron chi connectivity index (χ3n) is 4.62. The number of nitrogens with one attached hydrogen (secondary N) is 2. The molecule has 4 rings (SSSR count). The molecule has 0 radical (unpaired) electrons. The van der Waals surface area contributed by atoms with Gasteiger partial charge in [-0.1, -0.05) is 48.0 Å². The van der Waals surface area contributed by atoms with Crippen LogP contribution in [0.2, 0.25) is 0 Å². The number of para-hydroxylation sites is 1. The lowest BCUT2D eigenvalue weighted by molar-refractivity contribution is 0.0955. The van der Waals surface area contributed by atoms with E-state index in [9.17, 15) is 9.90 Å². The molecular weight excluding hydrogens is 366 g/mol. The second-order valence-electron chi connectivity index (χ2n) is 6.77. The molecule has 0 aliphatic carbocycles. The van der Waals surface area contributed by atoms with Gasteiger partial charge in [0.2, 0.25) is 5.88 Å². The van der Waals surface area contributed by atoms with Crippen molar-refractivity contribution in [2.24, 2.45) is 0 Å². The molecule has 7 heteroatoms. The maximum atomic E-state index is 12.5. The molecule has 146 valence electrons. The molecule has 0 atom stereocenters. The minimum atomic E-state index is -0.275. The van der Waals surface area contributed by atoms with Crippen molar-refractivity contribution >= 4 is 22.9 Å². The van der Waals surface area contributed by atoms with Crippen LogP contribution in [0.3, 0.4) is 0 Å². The number of aryl methyl sites for hydroxylation is 1. The van der Waals surface area contributed by atoms with Crippen LogP contribution in [-0.4, -0.2) is 32.2 Å². The number of carbonyl (C=O) groups excluding carboxylic acids is 1. The molecular formula is C22H21N5O2. The standard InChI is InChI=1S/C22H21N5O2/c1-15-7-9-16(10-8-15)11-12-23-21(28)18-13-25-27-20(18)24-14-19(22(27)29)26-17-5-3-2-4-6-17/h2-10,13-14,26,29H,11-12H2,1H3,(H,23,28). The molecule has 0 bridgehead atoms. The third-order valence-corrected chi connectivity index (χ3v) is 4.62. The van der Waals surface area contributed by atoms with E-state index in [1.165, 1.54) is 22.5 Å². The van der Waals surface area contributed by atoms with E-state index in [4.69, 9.17) is 0 Å². The zero-order chi connectivity index (χ0) is 20.2. The summed E-state index contributed by atoms with van der Waals surface area (Å²) in [7, 11) is 0. The highest BCUT2D eigenvalue weighted by molar-refractivity contribution is 5.99. The Bertz CT molecular complexity index is 1140. The van der Waals surface area contributed by atoms with Gasteiger partial charge in [-0.05, 0) is 31.0 Å². The molecule has 0 aliphatic heterocycles. The molecule has 0 unspecified atom stereocenters. The van der Waals surface area contributed by atoms with Crippen molar-refractivity contribution in [3.8, 4) is 5.88 Å². The summed E-state index contributed by atoms with van der Waals surface area (Å²) in [5.74, 6) is -0.389. The Hall–Kier alpha value is -3.87. The van der Waals surface area contributed by atoms with Gasteiger partial charge in [-0.15, -0.1) is 0 Å². The highest BCUT2D eigenvalue weighted by Crippen LogP contribution is 2.27. The molecule has 2 aromatic carbocycles. The Balaban J connectivity index is 1.47. The molecule has 0 saturated carbocycles. The number of benzene rings is 2. The van der Waals surface area contributed by atoms with Crippen LogP contribution in [0.4, 0.5) is 11.4 Å². The van der Waals surface area contributed by atoms with Gasteiger partial charge < -0.3 is 15.7 Å². The first-order valence-electron chi connectivity index (χ1n) is 9.33. The molecule has 0 aliphatic rings. The fourth-order valence-corrected chi connectivity index (χ4v) is 3.01. The van der Waals surface area contributed by atoms with E-state index in [0.717, 1.165) is 17.7 Å². The van der Waals surface area contributed by atoms with Crippen molar-refractivity contribution in [3.63, 3.8) is 0 Å². The van der Waals surface area contributed by atoms with E-state index in [1.54, 1.807) is 0 Å². The molecule has 29 heavy (non-hydrogen) atoms. The lowest BCUT2D eigenvalue weighted by Gasteiger charge is -2.09. The molecule has 3 N–H and O–H groups in total. The molecule has 4 aromatic rings. The van der Waals surface area contributed by atoms with Crippen molar-refractivity contribution in [2.75, 3.05) is 11.9 Å². The van der Waals surface area contributed by atoms with Crippen LogP contribution < -0.4 is 10.6 Å². The minimum Gasteiger partial charge on any atom is -0.492 e. The summed E-state index contributed by atoms with van der Waals surface area (Å²) in [6.45, 7) is 2.54. The number of hydrogen-bond donors (Lipinski definition) is 3. The van der Waals surface area contributed by atoms with Gasteiger partial charge in [-0.2, -0.15) is 9.61 Å². The smallest absolute Gasteiger partial charge is 0.256 e. The van der Waals surface area contributed by atoms with Crippen LogP contribution in [-0.2, 0) is 6.42 Å². The quantitative estimate of drug-likeness (QED) is 0.471. The average molecular weight is 387 g/mol. The Morgan fingerprint density at radius 3 is 2.59 bits per heavy atom. The Kier molecular flexibility index (Phi) is 5.11. The van der Waals surface area contributed by atoms with E-state index in [1.807, 2.05) is 37.3 Å². The number of fused-ring (bicyclic) bond motifs is 1. The molecule has 0 spiro atoms. The zero-order valence-corrected chi connectivity index (χ0v) is 16.0. The summed E-state index contributed by atoms with van der Waals surface area (Å²) in [5.41, 5.74) is 4.19. The van der Waals surface area contributed by atoms with Crippen LogP contribution in [0.1, 0.15) is 21.5 Å². The minimum absolute atomic E-state index is 0.113. The van der Waals surface area contributed by atoms with Crippen molar-refractivity contribution in [1.82, 2.24) is 19.9 Å². The van der Waals surface area contributed by atoms with Crippen molar-refractivity contribution in [1.29, 1.82) is 0 Å². The van der Waals surface area contributed by atoms with E-state index < -0.39 is 0 Å². The maximum Gasteiger partial charge on any atom is 0.256 e. The number of aromatic hydroxyl groups is 1. The van der Waals surface area contributed by atoms with Crippen molar-refractivity contribution in [3.05, 3.63) is 83.7 Å². The van der Waals surface area contributed by atoms with Gasteiger partial charge in [0.05, 0.1) is 12.4 Å². The van der Waals surface area contributed by atoms with Crippen LogP contribution in [0.25, 0.3) is 5.65 Å². The normalized spacial score (nSPS) is 10.8. The summed E-state index contributed by atoms with van der Waals surface area (Å²) in [6.07, 6.45) is 3.63. The average Bonchev–Trinajstić information content (AvgIpc) is 3.17. The first kappa shape index (κ1) is 18.5. The zero-order valence-electron chi connectivity index (χ0n) is 16.0. The van der Waals surface area contributed by atoms with Crippen LogP contribution >= 0.6 is 0 Å². The van der Waals surface area contributed by atoms with Crippen LogP contribution in [0, 0.1) is 6.92 Å². The van der Waals surface area contributed by atoms with E-state index in [-0.39, 0.29) is 11.8 Å². The van der Waals surface area contributed by atoms with Crippen molar-refractivity contribution in [2.45, 2.75) is 13.3 Å². The molecule has 0 fully saturated rings. The Morgan fingerprint density at radius 2 is 1.83 bits per heavy atom. The summed E-state index contributed by atoms with van der Waals surface area (Å²) in [5, 5.41) is 20.6. The number of hydrogen-bond acceptors (Lipinski definition) is 5. The third kappa shape index (κ3) is 4.03. The molecule has 2 heterocycles. The van der Waals surface area contributed by atoms with Gasteiger partial charge in [0.1, 0.15) is 11.3 Å². The topological polar surface area (TPSA) is 91.6 Å². The van der Waals surface area contributed by atoms with E-state index >= 15 is 0 Å². The predicted molar refractivity (Wildman–Crippen MR) is 112 cm³/mol. The second kappa shape index (κ2) is 8.02. The second-order valence-corrected chi connectivity index (χ2v) is 6.77. The lowest BCUT2D eigenvalue weighted by atomic mass is 10.1. The van der Waals surface area contributed by atoms with Gasteiger partial charge >= 0.3 is 0 Å². The number of nitrogens with zero attached hydrogens (tertiary/aromatic N) is 3. The monoisotopic (exact) mass is 387 g/mol. The fraction of sp³-hybridized carbons (Fsp3) is 0.136. The van der Waals surface area contributed by atoms with Gasteiger partial charge in [0.25, 0.3) is 5.91 Å². The van der Waals surface area contributed by atoms with Gasteiger partial charge in [0.15, 0.2) is 5.65 Å². The summed E-state index contributed by atoms with van der Waals surface area (Å²) in [6, 6.07) is 17.6. The first-order chi connectivity index (χ1) is 14.1. The highest BCUT2D eigenvalue weighted by Gasteiger charge is 2.17. The van der Waals surface area contributed by atoms with Gasteiger partial charge in [-0.3, -0.25) is 4.79 Å². The summed E-state index contributed by atoms with van der Waals surface area (Å²) >= 11 is 0. The lowest BCUT2D eigenvalue weighted by Crippen LogP contribution is -2.25. The Labute approximate surface area is 168 Å². The first-order valence-corrected chi connectivity index (χ1v) is 9.33. The summed E-state index contributed by atoms with van der Waals surface area (Å²) in [4.78, 5) is 16.9. The van der Waals surface area contributed by atoms with E-state index in [2.05, 4.69) is 45.0 Å². The number of carbonyl (C=O) groups is 1. The SMILES string of the molecule is Cc1ccc(CCNC(=O)c2cnn3c(O)c(Nc4ccccc4)cnc23)cc1. The molecule has 0 saturated heterocycles. The number of aromatic nitrogens is 3. The van der Waals surface area contributed by atoms with Crippen LogP contribution in [0.15, 0.2) is 67.0 Å². The van der Waals surface area contributed by atoms with Gasteiger partial charge in [-0.25, -0.2) is 4.98 Å². The molecule has 1 amide bonds. The fourth-order valence-electron chi connectivity index (χ4n) is 3.01. The number of anilines is 2. The van der Waals surface area contributed by atoms with Crippen molar-refractivity contribution < 1.29 is 9.90 Å². The van der Waals surface area contributed by atoms with Crippen LogP contribution in [0.5, 0.6) is 5.88 Å². The highest BCUT2D eigenvalue weighted by atomic mass is 16.3. The number of amides is 1. The maximum absolute atomic E-state index is 12.5. The largest absolute Gasteiger partial charge is 0.492 e. The Morgan fingerprint density at radius 1 is 1.07 bits per heavy atom. The predicted octanol–water partition coefficient (Wildman–Crippen LogP) is 3.46. The number of rotatable bonds is 6. The molecule has 7 nitrogen and oxygen atoms in total. The molecule has 2 aromatic heterocycles. The summed E-state index contributed by atoms with van der Waals surface area (Å²) < 4.78 is 1.25.